The maximum Gasteiger partial charge on any atom is 0.123 e. The van der Waals surface area contributed by atoms with Crippen molar-refractivity contribution in [1.82, 2.24) is 0 Å². The number of unbranched alkanes of at least 4 members (excludes halogenated alkanes) is 3. The molecule has 0 aromatic heterocycles. The largest absolute Gasteiger partial charge is 0.491 e. The summed E-state index contributed by atoms with van der Waals surface area (Å²) < 4.78 is 18.0. The van der Waals surface area contributed by atoms with Crippen LogP contribution in [-0.2, 0) is 0 Å². The summed E-state index contributed by atoms with van der Waals surface area (Å²) in [5.74, 6) is 0.316. The van der Waals surface area contributed by atoms with Crippen LogP contribution in [0.4, 0.5) is 4.39 Å². The van der Waals surface area contributed by atoms with Crippen LogP contribution < -0.4 is 4.74 Å². The van der Waals surface area contributed by atoms with Crippen LogP contribution >= 0.6 is 0 Å². The van der Waals surface area contributed by atoms with Crippen LogP contribution in [0, 0.1) is 5.82 Å². The zero-order chi connectivity index (χ0) is 12.5. The molecule has 96 valence electrons. The first-order valence-electron chi connectivity index (χ1n) is 6.28. The summed E-state index contributed by atoms with van der Waals surface area (Å²) in [5.41, 5.74) is 0. The van der Waals surface area contributed by atoms with Gasteiger partial charge in [0.05, 0.1) is 6.10 Å². The molecule has 0 spiro atoms. The van der Waals surface area contributed by atoms with Crippen molar-refractivity contribution in [2.24, 2.45) is 0 Å². The van der Waals surface area contributed by atoms with Gasteiger partial charge in [0.25, 0.3) is 0 Å². The lowest BCUT2D eigenvalue weighted by molar-refractivity contribution is 0.0975. The number of hydrogen-bond donors (Lipinski definition) is 1. The molecule has 17 heavy (non-hydrogen) atoms. The Labute approximate surface area is 102 Å². The minimum absolute atomic E-state index is 0.276. The third kappa shape index (κ3) is 6.27. The average Bonchev–Trinajstić information content (AvgIpc) is 2.34. The quantitative estimate of drug-likeness (QED) is 0.704. The first kappa shape index (κ1) is 14.0. The van der Waals surface area contributed by atoms with Crippen LogP contribution in [0.3, 0.4) is 0 Å². The Morgan fingerprint density at radius 2 is 1.88 bits per heavy atom. The molecule has 0 aliphatic carbocycles. The highest BCUT2D eigenvalue weighted by Gasteiger charge is 2.05. The summed E-state index contributed by atoms with van der Waals surface area (Å²) in [6.07, 6.45) is 4.93. The van der Waals surface area contributed by atoms with Crippen LogP contribution in [0.1, 0.15) is 39.0 Å². The Morgan fingerprint density at radius 1 is 1.18 bits per heavy atom. The van der Waals surface area contributed by atoms with E-state index in [2.05, 4.69) is 6.92 Å². The molecule has 0 fully saturated rings. The molecule has 0 bridgehead atoms. The van der Waals surface area contributed by atoms with Crippen LogP contribution in [0.15, 0.2) is 24.3 Å². The lowest BCUT2D eigenvalue weighted by Crippen LogP contribution is -2.17. The predicted molar refractivity (Wildman–Crippen MR) is 66.7 cm³/mol. The number of aliphatic hydroxyl groups excluding tert-OH is 1. The van der Waals surface area contributed by atoms with Crippen molar-refractivity contribution >= 4 is 0 Å². The maximum absolute atomic E-state index is 12.6. The minimum Gasteiger partial charge on any atom is -0.491 e. The number of aliphatic hydroxyl groups is 1. The van der Waals surface area contributed by atoms with E-state index in [1.807, 2.05) is 0 Å². The van der Waals surface area contributed by atoms with E-state index < -0.39 is 6.10 Å². The van der Waals surface area contributed by atoms with Crippen LogP contribution in [0.25, 0.3) is 0 Å². The summed E-state index contributed by atoms with van der Waals surface area (Å²) in [6, 6.07) is 5.84. The molecule has 0 heterocycles. The van der Waals surface area contributed by atoms with Gasteiger partial charge in [-0.05, 0) is 30.7 Å². The standard InChI is InChI=1S/C14H21FO2/c1-2-3-4-5-6-13(16)11-17-14-9-7-12(15)8-10-14/h7-10,13,16H,2-6,11H2,1H3/t13-/m0/s1. The number of rotatable bonds is 8. The predicted octanol–water partition coefficient (Wildman–Crippen LogP) is 3.54. The highest BCUT2D eigenvalue weighted by molar-refractivity contribution is 5.21. The van der Waals surface area contributed by atoms with Crippen molar-refractivity contribution in [2.75, 3.05) is 6.61 Å². The molecule has 0 aliphatic heterocycles. The fourth-order valence-electron chi connectivity index (χ4n) is 1.61. The molecular formula is C14H21FO2. The van der Waals surface area contributed by atoms with E-state index in [0.29, 0.717) is 5.75 Å². The number of halogens is 1. The summed E-state index contributed by atoms with van der Waals surface area (Å²) >= 11 is 0. The molecule has 0 amide bonds. The van der Waals surface area contributed by atoms with Gasteiger partial charge in [0.2, 0.25) is 0 Å². The zero-order valence-electron chi connectivity index (χ0n) is 10.4. The minimum atomic E-state index is -0.433. The fourth-order valence-corrected chi connectivity index (χ4v) is 1.61. The first-order chi connectivity index (χ1) is 8.22. The molecule has 3 heteroatoms. The van der Waals surface area contributed by atoms with E-state index in [4.69, 9.17) is 4.74 Å². The van der Waals surface area contributed by atoms with Crippen molar-refractivity contribution in [2.45, 2.75) is 45.1 Å². The molecule has 0 radical (unpaired) electrons. The van der Waals surface area contributed by atoms with Crippen molar-refractivity contribution in [3.05, 3.63) is 30.1 Å². The monoisotopic (exact) mass is 240 g/mol. The molecule has 0 saturated carbocycles. The molecular weight excluding hydrogens is 219 g/mol. The second-order valence-corrected chi connectivity index (χ2v) is 4.27. The SMILES string of the molecule is CCCCCC[C@H](O)COc1ccc(F)cc1. The summed E-state index contributed by atoms with van der Waals surface area (Å²) in [6.45, 7) is 2.44. The van der Waals surface area contributed by atoms with Gasteiger partial charge in [-0.1, -0.05) is 32.6 Å². The van der Waals surface area contributed by atoms with E-state index in [1.165, 1.54) is 25.0 Å². The Morgan fingerprint density at radius 3 is 2.53 bits per heavy atom. The van der Waals surface area contributed by atoms with Gasteiger partial charge in [-0.25, -0.2) is 4.39 Å². The topological polar surface area (TPSA) is 29.5 Å². The van der Waals surface area contributed by atoms with E-state index >= 15 is 0 Å². The lowest BCUT2D eigenvalue weighted by Gasteiger charge is -2.12. The third-order valence-electron chi connectivity index (χ3n) is 2.65. The second-order valence-electron chi connectivity index (χ2n) is 4.27. The maximum atomic E-state index is 12.6. The fraction of sp³-hybridized carbons (Fsp3) is 0.571. The van der Waals surface area contributed by atoms with Crippen LogP contribution in [0.2, 0.25) is 0 Å². The van der Waals surface area contributed by atoms with Crippen LogP contribution in [0.5, 0.6) is 5.75 Å². The van der Waals surface area contributed by atoms with E-state index in [9.17, 15) is 9.50 Å². The number of hydrogen-bond acceptors (Lipinski definition) is 2. The van der Waals surface area contributed by atoms with Crippen molar-refractivity contribution in [1.29, 1.82) is 0 Å². The third-order valence-corrected chi connectivity index (χ3v) is 2.65. The lowest BCUT2D eigenvalue weighted by atomic mass is 10.1. The average molecular weight is 240 g/mol. The van der Waals surface area contributed by atoms with Gasteiger partial charge in [-0.3, -0.25) is 0 Å². The van der Waals surface area contributed by atoms with E-state index in [1.54, 1.807) is 12.1 Å². The molecule has 1 aromatic carbocycles. The summed E-state index contributed by atoms with van der Waals surface area (Å²) in [4.78, 5) is 0. The number of benzene rings is 1. The number of ether oxygens (including phenoxy) is 1. The van der Waals surface area contributed by atoms with Gasteiger partial charge < -0.3 is 9.84 Å². The molecule has 0 unspecified atom stereocenters. The summed E-state index contributed by atoms with van der Waals surface area (Å²) in [7, 11) is 0. The van der Waals surface area contributed by atoms with Gasteiger partial charge >= 0.3 is 0 Å². The molecule has 0 saturated heterocycles. The Bertz CT molecular complexity index is 298. The summed E-state index contributed by atoms with van der Waals surface area (Å²) in [5, 5.41) is 9.67. The molecule has 1 rings (SSSR count). The Kier molecular flexibility index (Phi) is 6.63. The zero-order valence-corrected chi connectivity index (χ0v) is 10.4. The van der Waals surface area contributed by atoms with E-state index in [-0.39, 0.29) is 12.4 Å². The highest BCUT2D eigenvalue weighted by Crippen LogP contribution is 2.12. The van der Waals surface area contributed by atoms with E-state index in [0.717, 1.165) is 19.3 Å². The molecule has 2 nitrogen and oxygen atoms in total. The first-order valence-corrected chi connectivity index (χ1v) is 6.28. The highest BCUT2D eigenvalue weighted by atomic mass is 19.1. The smallest absolute Gasteiger partial charge is 0.123 e. The Hall–Kier alpha value is -1.09. The van der Waals surface area contributed by atoms with Gasteiger partial charge in [0, 0.05) is 0 Å². The molecule has 1 N–H and O–H groups in total. The molecule has 1 aromatic rings. The second kappa shape index (κ2) is 8.07. The van der Waals surface area contributed by atoms with Gasteiger partial charge in [0.15, 0.2) is 0 Å². The van der Waals surface area contributed by atoms with Crippen molar-refractivity contribution in [3.63, 3.8) is 0 Å². The Balaban J connectivity index is 2.14. The van der Waals surface area contributed by atoms with Crippen molar-refractivity contribution < 1.29 is 14.2 Å². The molecule has 0 aliphatic rings. The van der Waals surface area contributed by atoms with Gasteiger partial charge in [-0.15, -0.1) is 0 Å². The molecule has 1 atom stereocenters. The van der Waals surface area contributed by atoms with Gasteiger partial charge in [-0.2, -0.15) is 0 Å². The van der Waals surface area contributed by atoms with Crippen molar-refractivity contribution in [3.8, 4) is 5.75 Å². The van der Waals surface area contributed by atoms with Gasteiger partial charge in [0.1, 0.15) is 18.2 Å². The van der Waals surface area contributed by atoms with Crippen LogP contribution in [-0.4, -0.2) is 17.8 Å². The normalized spacial score (nSPS) is 12.4.